The molecule has 0 N–H and O–H groups in total. The Morgan fingerprint density at radius 2 is 1.84 bits per heavy atom. The molecule has 2 unspecified atom stereocenters. The van der Waals surface area contributed by atoms with Gasteiger partial charge in [-0.25, -0.2) is 15.0 Å². The van der Waals surface area contributed by atoms with E-state index < -0.39 is 0 Å². The average Bonchev–Trinajstić information content (AvgIpc) is 3.20. The molecule has 25 heavy (non-hydrogen) atoms. The number of hydrogen-bond donors (Lipinski definition) is 0. The first kappa shape index (κ1) is 16.6. The third-order valence-corrected chi connectivity index (χ3v) is 6.63. The van der Waals surface area contributed by atoms with E-state index in [1.165, 1.54) is 41.6 Å². The summed E-state index contributed by atoms with van der Waals surface area (Å²) in [7, 11) is 0. The van der Waals surface area contributed by atoms with Crippen molar-refractivity contribution in [2.24, 2.45) is 11.8 Å². The van der Waals surface area contributed by atoms with Crippen molar-refractivity contribution in [2.75, 3.05) is 0 Å². The van der Waals surface area contributed by atoms with Crippen LogP contribution in [0.3, 0.4) is 0 Å². The van der Waals surface area contributed by atoms with Crippen LogP contribution in [0.25, 0.3) is 20.8 Å². The number of hydrogen-bond acceptors (Lipinski definition) is 4. The summed E-state index contributed by atoms with van der Waals surface area (Å²) in [4.78, 5) is 14.4. The molecule has 4 rings (SSSR count). The van der Waals surface area contributed by atoms with Crippen molar-refractivity contribution in [2.45, 2.75) is 52.9 Å². The molecule has 4 heteroatoms. The van der Waals surface area contributed by atoms with Crippen molar-refractivity contribution in [3.05, 3.63) is 41.5 Å². The largest absolute Gasteiger partial charge is 0.238 e. The molecular formula is C21H25N3S. The molecule has 1 saturated carbocycles. The highest BCUT2D eigenvalue weighted by Gasteiger charge is 2.28. The van der Waals surface area contributed by atoms with Crippen molar-refractivity contribution < 1.29 is 0 Å². The summed E-state index contributed by atoms with van der Waals surface area (Å²) in [6.45, 7) is 6.43. The van der Waals surface area contributed by atoms with Crippen LogP contribution in [0.4, 0.5) is 0 Å². The van der Waals surface area contributed by atoms with Gasteiger partial charge < -0.3 is 0 Å². The standard InChI is InChI=1S/C21H25N3S/c1-4-15-8-7-9-16(15)12-18-20(13(2)22-14(3)23-18)21-24-17-10-5-6-11-19(17)25-21/h5-6,10-11,15-16H,4,7-9,12H2,1-3H3. The molecule has 1 aromatic carbocycles. The molecule has 3 nitrogen and oxygen atoms in total. The minimum atomic E-state index is 0.756. The monoisotopic (exact) mass is 351 g/mol. The molecule has 0 spiro atoms. The highest BCUT2D eigenvalue weighted by atomic mass is 32.1. The molecule has 2 heterocycles. The maximum Gasteiger partial charge on any atom is 0.128 e. The van der Waals surface area contributed by atoms with Crippen LogP contribution in [0.5, 0.6) is 0 Å². The SMILES string of the molecule is CCC1CCCC1Cc1nc(C)nc(C)c1-c1nc2ccccc2s1. The molecule has 1 aliphatic rings. The number of nitrogens with zero attached hydrogens (tertiary/aromatic N) is 3. The van der Waals surface area contributed by atoms with Gasteiger partial charge in [0, 0.05) is 0 Å². The Balaban J connectivity index is 1.78. The second-order valence-corrected chi connectivity index (χ2v) is 8.26. The third-order valence-electron chi connectivity index (χ3n) is 5.58. The second kappa shape index (κ2) is 6.83. The van der Waals surface area contributed by atoms with Gasteiger partial charge in [0.2, 0.25) is 0 Å². The van der Waals surface area contributed by atoms with E-state index in [2.05, 4.69) is 43.1 Å². The zero-order valence-corrected chi connectivity index (χ0v) is 16.1. The van der Waals surface area contributed by atoms with Gasteiger partial charge in [-0.15, -0.1) is 11.3 Å². The lowest BCUT2D eigenvalue weighted by Crippen LogP contribution is -2.13. The Hall–Kier alpha value is -1.81. The van der Waals surface area contributed by atoms with Gasteiger partial charge in [-0.3, -0.25) is 0 Å². The summed E-state index contributed by atoms with van der Waals surface area (Å²) >= 11 is 1.76. The minimum absolute atomic E-state index is 0.756. The lowest BCUT2D eigenvalue weighted by Gasteiger charge is -2.19. The fraction of sp³-hybridized carbons (Fsp3) is 0.476. The van der Waals surface area contributed by atoms with Crippen molar-refractivity contribution in [3.63, 3.8) is 0 Å². The number of fused-ring (bicyclic) bond motifs is 1. The van der Waals surface area contributed by atoms with Crippen molar-refractivity contribution in [1.82, 2.24) is 15.0 Å². The van der Waals surface area contributed by atoms with E-state index in [0.29, 0.717) is 0 Å². The highest BCUT2D eigenvalue weighted by Crippen LogP contribution is 2.39. The van der Waals surface area contributed by atoms with E-state index in [9.17, 15) is 0 Å². The van der Waals surface area contributed by atoms with Crippen LogP contribution in [0.15, 0.2) is 24.3 Å². The van der Waals surface area contributed by atoms with E-state index in [1.54, 1.807) is 11.3 Å². The summed E-state index contributed by atoms with van der Waals surface area (Å²) in [5, 5.41) is 1.07. The van der Waals surface area contributed by atoms with E-state index in [0.717, 1.165) is 40.3 Å². The lowest BCUT2D eigenvalue weighted by molar-refractivity contribution is 0.372. The molecule has 0 aliphatic heterocycles. The molecule has 0 amide bonds. The average molecular weight is 352 g/mol. The van der Waals surface area contributed by atoms with Crippen molar-refractivity contribution in [1.29, 1.82) is 0 Å². The van der Waals surface area contributed by atoms with Crippen LogP contribution in [0.2, 0.25) is 0 Å². The maximum absolute atomic E-state index is 4.89. The molecular weight excluding hydrogens is 326 g/mol. The first-order valence-electron chi connectivity index (χ1n) is 9.35. The van der Waals surface area contributed by atoms with E-state index in [4.69, 9.17) is 9.97 Å². The third kappa shape index (κ3) is 3.20. The van der Waals surface area contributed by atoms with E-state index in [1.807, 2.05) is 6.92 Å². The van der Waals surface area contributed by atoms with Gasteiger partial charge in [0.15, 0.2) is 0 Å². The maximum atomic E-state index is 4.89. The van der Waals surface area contributed by atoms with Gasteiger partial charge in [0.1, 0.15) is 10.8 Å². The predicted molar refractivity (Wildman–Crippen MR) is 105 cm³/mol. The Kier molecular flexibility index (Phi) is 4.55. The quantitative estimate of drug-likeness (QED) is 0.601. The van der Waals surface area contributed by atoms with E-state index >= 15 is 0 Å². The molecule has 3 aromatic rings. The molecule has 0 saturated heterocycles. The Labute approximate surface area is 153 Å². The van der Waals surface area contributed by atoms with Crippen LogP contribution in [0.1, 0.15) is 49.8 Å². The Morgan fingerprint density at radius 1 is 1.04 bits per heavy atom. The fourth-order valence-electron chi connectivity index (χ4n) is 4.36. The summed E-state index contributed by atoms with van der Waals surface area (Å²) in [6.07, 6.45) is 6.42. The molecule has 0 bridgehead atoms. The van der Waals surface area contributed by atoms with Gasteiger partial charge in [-0.2, -0.15) is 0 Å². The molecule has 130 valence electrons. The lowest BCUT2D eigenvalue weighted by atomic mass is 9.88. The van der Waals surface area contributed by atoms with Crippen molar-refractivity contribution >= 4 is 21.6 Å². The smallest absolute Gasteiger partial charge is 0.128 e. The van der Waals surface area contributed by atoms with Gasteiger partial charge in [0.25, 0.3) is 0 Å². The molecule has 0 radical (unpaired) electrons. The number of para-hydroxylation sites is 1. The van der Waals surface area contributed by atoms with Crippen LogP contribution in [-0.2, 0) is 6.42 Å². The predicted octanol–water partition coefficient (Wildman–Crippen LogP) is 5.74. The van der Waals surface area contributed by atoms with Crippen molar-refractivity contribution in [3.8, 4) is 10.6 Å². The molecule has 1 aliphatic carbocycles. The molecule has 2 aromatic heterocycles. The first-order chi connectivity index (χ1) is 12.2. The second-order valence-electron chi connectivity index (χ2n) is 7.23. The van der Waals surface area contributed by atoms with Crippen LogP contribution >= 0.6 is 11.3 Å². The number of benzene rings is 1. The number of thiazole rings is 1. The number of aryl methyl sites for hydroxylation is 2. The Bertz CT molecular complexity index is 866. The summed E-state index contributed by atoms with van der Waals surface area (Å²) in [5.74, 6) is 2.48. The highest BCUT2D eigenvalue weighted by molar-refractivity contribution is 7.21. The van der Waals surface area contributed by atoms with Gasteiger partial charge in [-0.05, 0) is 50.7 Å². The number of rotatable bonds is 4. The normalized spacial score (nSPS) is 20.4. The van der Waals surface area contributed by atoms with Crippen LogP contribution in [-0.4, -0.2) is 15.0 Å². The summed E-state index contributed by atoms with van der Waals surface area (Å²) < 4.78 is 1.23. The molecule has 2 atom stereocenters. The zero-order chi connectivity index (χ0) is 17.4. The van der Waals surface area contributed by atoms with Crippen LogP contribution in [0, 0.1) is 25.7 Å². The van der Waals surface area contributed by atoms with Gasteiger partial charge in [-0.1, -0.05) is 38.3 Å². The van der Waals surface area contributed by atoms with Gasteiger partial charge >= 0.3 is 0 Å². The topological polar surface area (TPSA) is 38.7 Å². The first-order valence-corrected chi connectivity index (χ1v) is 10.2. The van der Waals surface area contributed by atoms with Crippen LogP contribution < -0.4 is 0 Å². The van der Waals surface area contributed by atoms with Gasteiger partial charge in [0.05, 0.1) is 27.2 Å². The van der Waals surface area contributed by atoms with E-state index in [-0.39, 0.29) is 0 Å². The molecule has 1 fully saturated rings. The zero-order valence-electron chi connectivity index (χ0n) is 15.2. The minimum Gasteiger partial charge on any atom is -0.238 e. The summed E-state index contributed by atoms with van der Waals surface area (Å²) in [6, 6.07) is 8.36. The summed E-state index contributed by atoms with van der Waals surface area (Å²) in [5.41, 5.74) is 4.51. The Morgan fingerprint density at radius 3 is 2.64 bits per heavy atom. The number of aromatic nitrogens is 3. The fourth-order valence-corrected chi connectivity index (χ4v) is 5.44.